The van der Waals surface area contributed by atoms with Crippen LogP contribution in [0.4, 0.5) is 0 Å². The second-order valence-corrected chi connectivity index (χ2v) is 9.31. The van der Waals surface area contributed by atoms with Crippen LogP contribution >= 0.6 is 0 Å². The first-order valence-corrected chi connectivity index (χ1v) is 10.6. The zero-order valence-electron chi connectivity index (χ0n) is 15.7. The summed E-state index contributed by atoms with van der Waals surface area (Å²) in [7, 11) is -3.33. The van der Waals surface area contributed by atoms with Gasteiger partial charge in [-0.15, -0.1) is 0 Å². The molecule has 0 radical (unpaired) electrons. The van der Waals surface area contributed by atoms with Gasteiger partial charge in [-0.1, -0.05) is 0 Å². The monoisotopic (exact) mass is 413 g/mol. The van der Waals surface area contributed by atoms with Crippen molar-refractivity contribution in [2.75, 3.05) is 18.8 Å². The number of pyridine rings is 1. The summed E-state index contributed by atoms with van der Waals surface area (Å²) in [5, 5.41) is 14.4. The molecule has 11 heteroatoms. The molecule has 4 rings (SSSR count). The molecule has 10 nitrogen and oxygen atoms in total. The molecule has 1 aliphatic rings. The van der Waals surface area contributed by atoms with Crippen LogP contribution in [-0.2, 0) is 15.6 Å². The Hall–Kier alpha value is -3.23. The number of hydrogen-bond acceptors (Lipinski definition) is 6. The molecule has 0 aliphatic carbocycles. The number of nitrogens with two attached hydrogens (primary N) is 1. The standard InChI is InChI=1S/C18H19N7O3S/c1-2-29(27,28)24-10-18(11-24,4-5-19)25-9-12(7-23-25)15-13-3-6-21-17(13)22-8-14(15)16(20)26/h3,6-9H,2,4,10-11H2,1H3,(H2,20,26)(H,21,22). The van der Waals surface area contributed by atoms with Crippen molar-refractivity contribution in [3.63, 3.8) is 0 Å². The minimum Gasteiger partial charge on any atom is -0.366 e. The van der Waals surface area contributed by atoms with Crippen LogP contribution in [0.2, 0.25) is 0 Å². The van der Waals surface area contributed by atoms with Crippen LogP contribution in [0.25, 0.3) is 22.2 Å². The van der Waals surface area contributed by atoms with E-state index in [9.17, 15) is 18.5 Å². The Morgan fingerprint density at radius 2 is 2.17 bits per heavy atom. The topological polar surface area (TPSA) is 151 Å². The van der Waals surface area contributed by atoms with Gasteiger partial charge in [-0.25, -0.2) is 13.4 Å². The first-order chi connectivity index (χ1) is 13.8. The number of nitriles is 1. The van der Waals surface area contributed by atoms with E-state index in [1.807, 2.05) is 0 Å². The van der Waals surface area contributed by atoms with Gasteiger partial charge in [0.15, 0.2) is 0 Å². The number of amides is 1. The number of sulfonamides is 1. The van der Waals surface area contributed by atoms with Crippen LogP contribution in [0, 0.1) is 11.3 Å². The van der Waals surface area contributed by atoms with Crippen molar-refractivity contribution in [3.05, 3.63) is 36.4 Å². The second kappa shape index (κ2) is 6.68. The van der Waals surface area contributed by atoms with Crippen LogP contribution in [0.15, 0.2) is 30.9 Å². The molecule has 3 aromatic rings. The summed E-state index contributed by atoms with van der Waals surface area (Å²) in [5.74, 6) is -0.608. The number of H-pyrrole nitrogens is 1. The van der Waals surface area contributed by atoms with Crippen molar-refractivity contribution in [3.8, 4) is 17.2 Å². The lowest BCUT2D eigenvalue weighted by molar-refractivity contribution is 0.0719. The molecule has 0 aromatic carbocycles. The summed E-state index contributed by atoms with van der Waals surface area (Å²) in [4.78, 5) is 19.2. The molecule has 1 aliphatic heterocycles. The molecule has 1 fully saturated rings. The van der Waals surface area contributed by atoms with Crippen LogP contribution in [-0.4, -0.2) is 57.2 Å². The van der Waals surface area contributed by atoms with E-state index in [1.54, 1.807) is 36.3 Å². The predicted molar refractivity (Wildman–Crippen MR) is 105 cm³/mol. The molecule has 29 heavy (non-hydrogen) atoms. The van der Waals surface area contributed by atoms with E-state index in [0.29, 0.717) is 16.8 Å². The Morgan fingerprint density at radius 3 is 2.83 bits per heavy atom. The van der Waals surface area contributed by atoms with Crippen molar-refractivity contribution >= 4 is 27.0 Å². The van der Waals surface area contributed by atoms with Crippen molar-refractivity contribution in [2.45, 2.75) is 18.9 Å². The van der Waals surface area contributed by atoms with Gasteiger partial charge in [0.1, 0.15) is 11.2 Å². The molecule has 3 aromatic heterocycles. The summed E-state index contributed by atoms with van der Waals surface area (Å²) in [6.07, 6.45) is 6.55. The molecular weight excluding hydrogens is 394 g/mol. The SMILES string of the molecule is CCS(=O)(=O)N1CC(CC#N)(n2cc(-c3c(C(N)=O)cnc4[nH]ccc34)cn2)C1. The van der Waals surface area contributed by atoms with Crippen molar-refractivity contribution in [2.24, 2.45) is 5.73 Å². The number of rotatable bonds is 6. The van der Waals surface area contributed by atoms with Crippen LogP contribution in [0.1, 0.15) is 23.7 Å². The molecule has 1 amide bonds. The van der Waals surface area contributed by atoms with E-state index in [-0.39, 0.29) is 30.8 Å². The van der Waals surface area contributed by atoms with Gasteiger partial charge in [0, 0.05) is 48.2 Å². The normalized spacial score (nSPS) is 16.4. The highest BCUT2D eigenvalue weighted by atomic mass is 32.2. The Bertz CT molecular complexity index is 1250. The summed E-state index contributed by atoms with van der Waals surface area (Å²) < 4.78 is 27.2. The number of hydrogen-bond donors (Lipinski definition) is 2. The van der Waals surface area contributed by atoms with E-state index >= 15 is 0 Å². The third-order valence-corrected chi connectivity index (χ3v) is 7.09. The highest BCUT2D eigenvalue weighted by molar-refractivity contribution is 7.89. The third-order valence-electron chi connectivity index (χ3n) is 5.32. The van der Waals surface area contributed by atoms with Crippen LogP contribution < -0.4 is 5.73 Å². The fraction of sp³-hybridized carbons (Fsp3) is 0.333. The maximum Gasteiger partial charge on any atom is 0.250 e. The van der Waals surface area contributed by atoms with E-state index in [1.165, 1.54) is 10.5 Å². The number of nitrogens with one attached hydrogen (secondary N) is 1. The maximum absolute atomic E-state index is 12.1. The van der Waals surface area contributed by atoms with E-state index < -0.39 is 21.5 Å². The highest BCUT2D eigenvalue weighted by Gasteiger charge is 2.49. The highest BCUT2D eigenvalue weighted by Crippen LogP contribution is 2.37. The number of fused-ring (bicyclic) bond motifs is 1. The first-order valence-electron chi connectivity index (χ1n) is 8.97. The van der Waals surface area contributed by atoms with E-state index in [0.717, 1.165) is 5.39 Å². The molecule has 3 N–H and O–H groups in total. The van der Waals surface area contributed by atoms with Crippen LogP contribution in [0.5, 0.6) is 0 Å². The van der Waals surface area contributed by atoms with Crippen molar-refractivity contribution in [1.82, 2.24) is 24.1 Å². The minimum absolute atomic E-state index is 0.00441. The lowest BCUT2D eigenvalue weighted by Crippen LogP contribution is -2.64. The molecular formula is C18H19N7O3S. The number of aromatic amines is 1. The molecule has 0 saturated carbocycles. The second-order valence-electron chi connectivity index (χ2n) is 7.05. The van der Waals surface area contributed by atoms with E-state index in [2.05, 4.69) is 21.1 Å². The number of carbonyl (C=O) groups is 1. The maximum atomic E-state index is 12.1. The zero-order valence-corrected chi connectivity index (χ0v) is 16.5. The molecule has 0 spiro atoms. The van der Waals surface area contributed by atoms with Gasteiger partial charge in [-0.2, -0.15) is 14.7 Å². The molecule has 0 unspecified atom stereocenters. The number of carbonyl (C=O) groups excluding carboxylic acids is 1. The minimum atomic E-state index is -3.33. The summed E-state index contributed by atoms with van der Waals surface area (Å²) >= 11 is 0. The summed E-state index contributed by atoms with van der Waals surface area (Å²) in [5.41, 5.74) is 6.89. The fourth-order valence-electron chi connectivity index (χ4n) is 3.69. The Kier molecular flexibility index (Phi) is 4.40. The van der Waals surface area contributed by atoms with Gasteiger partial charge in [-0.3, -0.25) is 9.48 Å². The molecule has 0 bridgehead atoms. The Balaban J connectivity index is 1.77. The average Bonchev–Trinajstić information content (AvgIpc) is 3.32. The largest absolute Gasteiger partial charge is 0.366 e. The predicted octanol–water partition coefficient (Wildman–Crippen LogP) is 0.800. The van der Waals surface area contributed by atoms with Crippen molar-refractivity contribution < 1.29 is 13.2 Å². The van der Waals surface area contributed by atoms with Gasteiger partial charge < -0.3 is 10.7 Å². The summed E-state index contributed by atoms with van der Waals surface area (Å²) in [6.45, 7) is 1.94. The summed E-state index contributed by atoms with van der Waals surface area (Å²) in [6, 6.07) is 3.93. The van der Waals surface area contributed by atoms with Crippen molar-refractivity contribution in [1.29, 1.82) is 5.26 Å². The smallest absolute Gasteiger partial charge is 0.250 e. The van der Waals surface area contributed by atoms with Crippen LogP contribution in [0.3, 0.4) is 0 Å². The van der Waals surface area contributed by atoms with Gasteiger partial charge in [0.25, 0.3) is 5.91 Å². The number of primary amides is 1. The van der Waals surface area contributed by atoms with E-state index in [4.69, 9.17) is 5.73 Å². The Labute approximate surface area is 167 Å². The van der Waals surface area contributed by atoms with Gasteiger partial charge in [0.05, 0.1) is 30.0 Å². The number of nitrogens with zero attached hydrogens (tertiary/aromatic N) is 5. The lowest BCUT2D eigenvalue weighted by Gasteiger charge is -2.47. The number of aromatic nitrogens is 4. The zero-order chi connectivity index (χ0) is 20.8. The van der Waals surface area contributed by atoms with Gasteiger partial charge in [-0.05, 0) is 13.0 Å². The molecule has 1 saturated heterocycles. The van der Waals surface area contributed by atoms with Gasteiger partial charge >= 0.3 is 0 Å². The lowest BCUT2D eigenvalue weighted by atomic mass is 9.89. The molecule has 150 valence electrons. The first kappa shape index (κ1) is 19.1. The van der Waals surface area contributed by atoms with Gasteiger partial charge in [0.2, 0.25) is 10.0 Å². The Morgan fingerprint density at radius 1 is 1.41 bits per heavy atom. The third kappa shape index (κ3) is 2.97. The average molecular weight is 413 g/mol. The quantitative estimate of drug-likeness (QED) is 0.610. The molecule has 4 heterocycles. The molecule has 0 atom stereocenters. The fourth-order valence-corrected chi connectivity index (χ4v) is 4.93.